The minimum Gasteiger partial charge on any atom is -0.378 e. The molecule has 4 atom stereocenters. The second-order valence-corrected chi connectivity index (χ2v) is 22.3. The Morgan fingerprint density at radius 3 is 2.09 bits per heavy atom. The number of hydrogen-bond acceptors (Lipinski definition) is 9. The molecule has 1 spiro atoms. The van der Waals surface area contributed by atoms with Gasteiger partial charge in [0.2, 0.25) is 17.7 Å². The van der Waals surface area contributed by atoms with Crippen LogP contribution in [0, 0.1) is 23.2 Å². The van der Waals surface area contributed by atoms with Gasteiger partial charge in [0.05, 0.1) is 38.5 Å². The van der Waals surface area contributed by atoms with Gasteiger partial charge in [-0.3, -0.25) is 19.4 Å². The molecule has 1 saturated carbocycles. The van der Waals surface area contributed by atoms with E-state index in [2.05, 4.69) is 52.3 Å². The molecule has 1 aromatic carbocycles. The van der Waals surface area contributed by atoms with Crippen molar-refractivity contribution in [2.45, 2.75) is 142 Å². The molecule has 6 aliphatic heterocycles. The van der Waals surface area contributed by atoms with Crippen LogP contribution in [-0.2, 0) is 36.7 Å². The third-order valence-corrected chi connectivity index (χ3v) is 17.3. The maximum Gasteiger partial charge on any atom is 0.318 e. The summed E-state index contributed by atoms with van der Waals surface area (Å²) in [6.45, 7) is 15.9. The Kier molecular flexibility index (Phi) is 14.2. The fraction of sp³-hybridized carbons (Fsp3) is 0.704. The zero-order chi connectivity index (χ0) is 47.8. The standard InChI is InChI=1S/C54H77N9O6/c1-35(2)40(30-48(64)60-21-25-68-26-22-60)51(65)62-17-7-9-46(62)43-29-38(33-55-43)39-11-12-45(42-32-54(31-41(39)42)15-5-6-16-54)59-19-13-37(14-20-59)44-34-56-50(57-44)47-10-8-18-63(47)52(66)49(36(3)4)58-53(67)61-23-27-69-28-24-61/h11-12,33-37,40,46-47,49H,5-10,13-32H2,1-4H3,(H,56,57)(H,58,67)/t40-,46-,47-,49-/m0/s1. The van der Waals surface area contributed by atoms with Gasteiger partial charge in [-0.1, -0.05) is 46.6 Å². The summed E-state index contributed by atoms with van der Waals surface area (Å²) in [5, 5.41) is 3.06. The van der Waals surface area contributed by atoms with Gasteiger partial charge >= 0.3 is 6.03 Å². The SMILES string of the molecule is CC(C)[C@H](CC(=O)N1CCOCC1)C(=O)N1CCC[C@H]1C1=NC=C(c2ccc(N3CCC(c4cnc([C@@H]5CCCN5C(=O)[C@@H](NC(=O)N5CCOCC5)C(C)C)[nH]4)CC3)c3c2CC2(CCCC2)C3)C1. The van der Waals surface area contributed by atoms with Crippen molar-refractivity contribution in [1.82, 2.24) is 34.9 Å². The average Bonchev–Trinajstić information content (AvgIpc) is 4.24. The van der Waals surface area contributed by atoms with Crippen LogP contribution in [0.15, 0.2) is 29.5 Å². The number of piperidine rings is 1. The summed E-state index contributed by atoms with van der Waals surface area (Å²) in [5.74, 6) is 1.01. The molecule has 1 aromatic heterocycles. The Morgan fingerprint density at radius 2 is 1.41 bits per heavy atom. The van der Waals surface area contributed by atoms with E-state index < -0.39 is 6.04 Å². The monoisotopic (exact) mass is 948 g/mol. The van der Waals surface area contributed by atoms with Gasteiger partial charge in [0, 0.05) is 107 Å². The molecule has 2 aromatic rings. The highest BCUT2D eigenvalue weighted by Gasteiger charge is 2.45. The number of fused-ring (bicyclic) bond motifs is 1. The number of carbonyl (C=O) groups excluding carboxylic acids is 4. The minimum absolute atomic E-state index is 0.0245. The topological polar surface area (TPSA) is 156 Å². The molecule has 10 rings (SSSR count). The maximum absolute atomic E-state index is 14.3. The van der Waals surface area contributed by atoms with Crippen LogP contribution in [0.3, 0.4) is 0 Å². The summed E-state index contributed by atoms with van der Waals surface area (Å²) in [7, 11) is 0. The van der Waals surface area contributed by atoms with Gasteiger partial charge in [-0.15, -0.1) is 0 Å². The number of rotatable bonds is 12. The molecule has 5 amide bonds. The van der Waals surface area contributed by atoms with E-state index in [-0.39, 0.29) is 60.0 Å². The Hall–Kier alpha value is -4.76. The highest BCUT2D eigenvalue weighted by atomic mass is 16.5. The molecule has 8 aliphatic rings. The summed E-state index contributed by atoms with van der Waals surface area (Å²) < 4.78 is 10.9. The first-order valence-corrected chi connectivity index (χ1v) is 26.8. The number of amides is 5. The smallest absolute Gasteiger partial charge is 0.318 e. The minimum atomic E-state index is -0.604. The number of ether oxygens (including phenoxy) is 2. The van der Waals surface area contributed by atoms with Gasteiger partial charge in [-0.25, -0.2) is 9.78 Å². The van der Waals surface area contributed by atoms with Gasteiger partial charge in [-0.2, -0.15) is 0 Å². The van der Waals surface area contributed by atoms with Crippen LogP contribution < -0.4 is 10.2 Å². The molecule has 2 N–H and O–H groups in total. The Bertz CT molecular complexity index is 2280. The number of imidazole rings is 1. The van der Waals surface area contributed by atoms with E-state index in [1.54, 1.807) is 10.5 Å². The number of H-pyrrole nitrogens is 1. The fourth-order valence-electron chi connectivity index (χ4n) is 13.3. The number of hydrogen-bond donors (Lipinski definition) is 2. The molecular weight excluding hydrogens is 871 g/mol. The number of aromatic nitrogens is 2. The van der Waals surface area contributed by atoms with Gasteiger partial charge in [0.1, 0.15) is 11.9 Å². The van der Waals surface area contributed by atoms with E-state index in [1.165, 1.54) is 48.1 Å². The van der Waals surface area contributed by atoms with Crippen LogP contribution in [0.5, 0.6) is 0 Å². The van der Waals surface area contributed by atoms with Crippen molar-refractivity contribution in [3.63, 3.8) is 0 Å². The number of allylic oxidation sites excluding steroid dienone is 1. The van der Waals surface area contributed by atoms with Crippen molar-refractivity contribution in [2.75, 3.05) is 83.7 Å². The molecule has 69 heavy (non-hydrogen) atoms. The number of nitrogens with one attached hydrogen (secondary N) is 2. The van der Waals surface area contributed by atoms with Gasteiger partial charge in [-0.05, 0) is 110 Å². The summed E-state index contributed by atoms with van der Waals surface area (Å²) in [4.78, 5) is 78.9. The van der Waals surface area contributed by atoms with Crippen LogP contribution in [0.2, 0.25) is 0 Å². The maximum atomic E-state index is 14.3. The second-order valence-electron chi connectivity index (χ2n) is 22.3. The van der Waals surface area contributed by atoms with E-state index in [1.807, 2.05) is 29.8 Å². The molecule has 5 saturated heterocycles. The zero-order valence-electron chi connectivity index (χ0n) is 41.8. The number of benzene rings is 1. The number of aromatic amines is 1. The molecule has 0 unspecified atom stereocenters. The lowest BCUT2D eigenvalue weighted by molar-refractivity contribution is -0.144. The van der Waals surface area contributed by atoms with Gasteiger partial charge in [0.15, 0.2) is 0 Å². The molecular formula is C54H77N9O6. The van der Waals surface area contributed by atoms with Gasteiger partial charge < -0.3 is 44.3 Å². The van der Waals surface area contributed by atoms with E-state index >= 15 is 0 Å². The van der Waals surface area contributed by atoms with Crippen LogP contribution in [-0.4, -0.2) is 150 Å². The zero-order valence-corrected chi connectivity index (χ0v) is 41.8. The number of urea groups is 1. The van der Waals surface area contributed by atoms with E-state index in [0.29, 0.717) is 70.5 Å². The summed E-state index contributed by atoms with van der Waals surface area (Å²) in [5.41, 5.74) is 9.69. The molecule has 7 heterocycles. The van der Waals surface area contributed by atoms with Crippen molar-refractivity contribution in [2.24, 2.45) is 28.2 Å². The van der Waals surface area contributed by atoms with Crippen LogP contribution in [0.25, 0.3) is 5.57 Å². The Morgan fingerprint density at radius 1 is 0.754 bits per heavy atom. The van der Waals surface area contributed by atoms with Crippen LogP contribution in [0.1, 0.15) is 145 Å². The summed E-state index contributed by atoms with van der Waals surface area (Å²) in [6, 6.07) is 3.83. The van der Waals surface area contributed by atoms with Crippen LogP contribution in [0.4, 0.5) is 10.5 Å². The first kappa shape index (κ1) is 47.9. The molecule has 15 heteroatoms. The summed E-state index contributed by atoms with van der Waals surface area (Å²) >= 11 is 0. The number of carbonyl (C=O) groups is 4. The van der Waals surface area contributed by atoms with Crippen molar-refractivity contribution in [3.8, 4) is 0 Å². The predicted octanol–water partition coefficient (Wildman–Crippen LogP) is 6.88. The Balaban J connectivity index is 0.790. The molecule has 0 bridgehead atoms. The molecule has 0 radical (unpaired) electrons. The van der Waals surface area contributed by atoms with E-state index in [9.17, 15) is 19.2 Å². The molecule has 6 fully saturated rings. The van der Waals surface area contributed by atoms with Crippen molar-refractivity contribution in [1.29, 1.82) is 0 Å². The highest BCUT2D eigenvalue weighted by molar-refractivity contribution is 6.04. The number of nitrogens with zero attached hydrogens (tertiary/aromatic N) is 7. The predicted molar refractivity (Wildman–Crippen MR) is 266 cm³/mol. The largest absolute Gasteiger partial charge is 0.378 e. The lowest BCUT2D eigenvalue weighted by Gasteiger charge is -2.35. The number of likely N-dealkylation sites (tertiary alicyclic amines) is 2. The van der Waals surface area contributed by atoms with Crippen LogP contribution >= 0.6 is 0 Å². The van der Waals surface area contributed by atoms with E-state index in [4.69, 9.17) is 19.5 Å². The fourth-order valence-corrected chi connectivity index (χ4v) is 13.3. The van der Waals surface area contributed by atoms with E-state index in [0.717, 1.165) is 94.7 Å². The van der Waals surface area contributed by atoms with Crippen molar-refractivity contribution >= 4 is 40.7 Å². The number of morpholine rings is 2. The average molecular weight is 948 g/mol. The van der Waals surface area contributed by atoms with Crippen molar-refractivity contribution in [3.05, 3.63) is 52.7 Å². The summed E-state index contributed by atoms with van der Waals surface area (Å²) in [6.07, 6.45) is 18.3. The third kappa shape index (κ3) is 9.84. The van der Waals surface area contributed by atoms with Gasteiger partial charge in [0.25, 0.3) is 0 Å². The third-order valence-electron chi connectivity index (χ3n) is 17.3. The molecule has 15 nitrogen and oxygen atoms in total. The molecule has 374 valence electrons. The first-order valence-electron chi connectivity index (χ1n) is 26.8. The lowest BCUT2D eigenvalue weighted by atomic mass is 9.82. The normalized spacial score (nSPS) is 24.9. The Labute approximate surface area is 409 Å². The quantitative estimate of drug-likeness (QED) is 0.234. The molecule has 2 aliphatic carbocycles. The highest BCUT2D eigenvalue weighted by Crippen LogP contribution is 2.53. The second kappa shape index (κ2) is 20.5. The first-order chi connectivity index (χ1) is 33.5. The van der Waals surface area contributed by atoms with Crippen molar-refractivity contribution < 1.29 is 28.7 Å². The lowest BCUT2D eigenvalue weighted by Crippen LogP contribution is -2.55. The number of anilines is 1. The number of aliphatic imine (C=N–C) groups is 1.